The number of aryl methyl sites for hydroxylation is 1. The Morgan fingerprint density at radius 2 is 2.47 bits per heavy atom. The van der Waals surface area contributed by atoms with Gasteiger partial charge in [-0.15, -0.1) is 6.42 Å². The lowest BCUT2D eigenvalue weighted by atomic mass is 10.2. The molecule has 0 aliphatic heterocycles. The molecule has 0 aromatic carbocycles. The van der Waals surface area contributed by atoms with Crippen LogP contribution in [0.5, 0.6) is 0 Å². The standard InChI is InChI=1S/C11H13N3O/c1-3-5-12-8-11(15)14-10-4-6-13-7-9(10)2/h1,4,6-7,12H,5,8H2,2H3,(H,13,14,15). The summed E-state index contributed by atoms with van der Waals surface area (Å²) in [6.07, 6.45) is 8.37. The average Bonchev–Trinajstić information content (AvgIpc) is 2.22. The zero-order valence-corrected chi connectivity index (χ0v) is 8.58. The molecule has 4 heteroatoms. The Balaban J connectivity index is 2.45. The van der Waals surface area contributed by atoms with Crippen LogP contribution in [-0.4, -0.2) is 24.0 Å². The van der Waals surface area contributed by atoms with E-state index in [2.05, 4.69) is 21.5 Å². The van der Waals surface area contributed by atoms with Crippen LogP contribution in [-0.2, 0) is 4.79 Å². The number of hydrogen-bond donors (Lipinski definition) is 2. The largest absolute Gasteiger partial charge is 0.325 e. The first-order chi connectivity index (χ1) is 7.24. The van der Waals surface area contributed by atoms with Gasteiger partial charge in [-0.05, 0) is 18.6 Å². The van der Waals surface area contributed by atoms with Crippen molar-refractivity contribution in [1.29, 1.82) is 0 Å². The summed E-state index contributed by atoms with van der Waals surface area (Å²) in [5.74, 6) is 2.29. The molecule has 1 amide bonds. The monoisotopic (exact) mass is 203 g/mol. The van der Waals surface area contributed by atoms with E-state index in [0.29, 0.717) is 6.54 Å². The fourth-order valence-corrected chi connectivity index (χ4v) is 1.06. The lowest BCUT2D eigenvalue weighted by Gasteiger charge is -2.07. The van der Waals surface area contributed by atoms with E-state index in [9.17, 15) is 4.79 Å². The summed E-state index contributed by atoms with van der Waals surface area (Å²) in [4.78, 5) is 15.3. The summed E-state index contributed by atoms with van der Waals surface area (Å²) in [7, 11) is 0. The molecule has 1 rings (SSSR count). The van der Waals surface area contributed by atoms with E-state index >= 15 is 0 Å². The molecule has 0 aliphatic rings. The number of nitrogens with one attached hydrogen (secondary N) is 2. The van der Waals surface area contributed by atoms with Crippen molar-refractivity contribution in [2.45, 2.75) is 6.92 Å². The van der Waals surface area contributed by atoms with Crippen LogP contribution in [0.2, 0.25) is 0 Å². The van der Waals surface area contributed by atoms with Crippen LogP contribution in [0.4, 0.5) is 5.69 Å². The summed E-state index contributed by atoms with van der Waals surface area (Å²) in [6.45, 7) is 2.49. The van der Waals surface area contributed by atoms with E-state index in [4.69, 9.17) is 6.42 Å². The predicted octanol–water partition coefficient (Wildman–Crippen LogP) is 0.551. The first kappa shape index (κ1) is 11.2. The van der Waals surface area contributed by atoms with Crippen molar-refractivity contribution in [2.75, 3.05) is 18.4 Å². The third-order valence-electron chi connectivity index (χ3n) is 1.81. The van der Waals surface area contributed by atoms with Gasteiger partial charge in [-0.3, -0.25) is 15.1 Å². The summed E-state index contributed by atoms with van der Waals surface area (Å²) >= 11 is 0. The van der Waals surface area contributed by atoms with Crippen LogP contribution >= 0.6 is 0 Å². The number of nitrogens with zero attached hydrogens (tertiary/aromatic N) is 1. The number of terminal acetylenes is 1. The molecule has 4 nitrogen and oxygen atoms in total. The molecule has 78 valence electrons. The highest BCUT2D eigenvalue weighted by Crippen LogP contribution is 2.10. The first-order valence-electron chi connectivity index (χ1n) is 4.58. The van der Waals surface area contributed by atoms with E-state index in [1.54, 1.807) is 18.5 Å². The molecule has 1 heterocycles. The normalized spacial score (nSPS) is 9.33. The maximum absolute atomic E-state index is 11.4. The number of pyridine rings is 1. The predicted molar refractivity (Wildman–Crippen MR) is 59.3 cm³/mol. The molecule has 0 fully saturated rings. The summed E-state index contributed by atoms with van der Waals surface area (Å²) < 4.78 is 0. The number of hydrogen-bond acceptors (Lipinski definition) is 3. The van der Waals surface area contributed by atoms with Gasteiger partial charge in [0, 0.05) is 18.1 Å². The molecule has 0 aliphatic carbocycles. The Morgan fingerprint density at radius 3 is 3.13 bits per heavy atom. The fraction of sp³-hybridized carbons (Fsp3) is 0.273. The molecule has 0 spiro atoms. The lowest BCUT2D eigenvalue weighted by molar-refractivity contribution is -0.115. The van der Waals surface area contributed by atoms with Gasteiger partial charge >= 0.3 is 0 Å². The van der Waals surface area contributed by atoms with E-state index in [0.717, 1.165) is 11.3 Å². The van der Waals surface area contributed by atoms with Crippen LogP contribution < -0.4 is 10.6 Å². The van der Waals surface area contributed by atoms with E-state index in [1.807, 2.05) is 6.92 Å². The van der Waals surface area contributed by atoms with E-state index in [1.165, 1.54) is 0 Å². The minimum absolute atomic E-state index is 0.112. The van der Waals surface area contributed by atoms with Gasteiger partial charge in [-0.25, -0.2) is 0 Å². The number of amides is 1. The highest BCUT2D eigenvalue weighted by Gasteiger charge is 2.02. The molecular formula is C11H13N3O. The third kappa shape index (κ3) is 3.79. The molecule has 0 unspecified atom stereocenters. The topological polar surface area (TPSA) is 54.0 Å². The van der Waals surface area contributed by atoms with Crippen molar-refractivity contribution in [2.24, 2.45) is 0 Å². The second-order valence-corrected chi connectivity index (χ2v) is 3.05. The Hall–Kier alpha value is -1.86. The summed E-state index contributed by atoms with van der Waals surface area (Å²) in [5.41, 5.74) is 1.71. The number of carbonyl (C=O) groups is 1. The third-order valence-corrected chi connectivity index (χ3v) is 1.81. The molecule has 2 N–H and O–H groups in total. The molecule has 0 saturated heterocycles. The lowest BCUT2D eigenvalue weighted by Crippen LogP contribution is -2.28. The van der Waals surface area contributed by atoms with Gasteiger partial charge in [0.15, 0.2) is 0 Å². The zero-order valence-electron chi connectivity index (χ0n) is 8.58. The van der Waals surface area contributed by atoms with Gasteiger partial charge in [-0.2, -0.15) is 0 Å². The molecular weight excluding hydrogens is 190 g/mol. The second-order valence-electron chi connectivity index (χ2n) is 3.05. The average molecular weight is 203 g/mol. The van der Waals surface area contributed by atoms with Crippen LogP contribution in [0.25, 0.3) is 0 Å². The maximum atomic E-state index is 11.4. The molecule has 0 radical (unpaired) electrons. The highest BCUT2D eigenvalue weighted by atomic mass is 16.1. The van der Waals surface area contributed by atoms with Crippen LogP contribution in [0.3, 0.4) is 0 Å². The minimum Gasteiger partial charge on any atom is -0.325 e. The molecule has 0 saturated carbocycles. The van der Waals surface area contributed by atoms with Gasteiger partial charge in [-0.1, -0.05) is 5.92 Å². The Labute approximate surface area is 89.1 Å². The van der Waals surface area contributed by atoms with Gasteiger partial charge in [0.25, 0.3) is 0 Å². The van der Waals surface area contributed by atoms with E-state index in [-0.39, 0.29) is 12.5 Å². The van der Waals surface area contributed by atoms with Crippen molar-refractivity contribution in [3.63, 3.8) is 0 Å². The Morgan fingerprint density at radius 1 is 1.67 bits per heavy atom. The number of carbonyl (C=O) groups excluding carboxylic acids is 1. The summed E-state index contributed by atoms with van der Waals surface area (Å²) in [5, 5.41) is 5.57. The highest BCUT2D eigenvalue weighted by molar-refractivity contribution is 5.92. The maximum Gasteiger partial charge on any atom is 0.238 e. The number of aromatic nitrogens is 1. The van der Waals surface area contributed by atoms with Crippen LogP contribution in [0.15, 0.2) is 18.5 Å². The molecule has 1 aromatic heterocycles. The second kappa shape index (κ2) is 5.78. The quantitative estimate of drug-likeness (QED) is 0.555. The van der Waals surface area contributed by atoms with E-state index < -0.39 is 0 Å². The van der Waals surface area contributed by atoms with Crippen LogP contribution in [0, 0.1) is 19.3 Å². The van der Waals surface area contributed by atoms with Gasteiger partial charge in [0.1, 0.15) is 0 Å². The molecule has 1 aromatic rings. The smallest absolute Gasteiger partial charge is 0.238 e. The molecule has 0 bridgehead atoms. The minimum atomic E-state index is -0.112. The van der Waals surface area contributed by atoms with Crippen molar-refractivity contribution in [1.82, 2.24) is 10.3 Å². The fourth-order valence-electron chi connectivity index (χ4n) is 1.06. The van der Waals surface area contributed by atoms with Crippen molar-refractivity contribution in [3.05, 3.63) is 24.0 Å². The Kier molecular flexibility index (Phi) is 4.32. The first-order valence-corrected chi connectivity index (χ1v) is 4.58. The van der Waals surface area contributed by atoms with Crippen molar-refractivity contribution in [3.8, 4) is 12.3 Å². The van der Waals surface area contributed by atoms with Gasteiger partial charge < -0.3 is 5.32 Å². The number of anilines is 1. The van der Waals surface area contributed by atoms with Crippen molar-refractivity contribution < 1.29 is 4.79 Å². The van der Waals surface area contributed by atoms with Crippen LogP contribution in [0.1, 0.15) is 5.56 Å². The van der Waals surface area contributed by atoms with Gasteiger partial charge in [0.05, 0.1) is 13.1 Å². The summed E-state index contributed by atoms with van der Waals surface area (Å²) in [6, 6.07) is 1.76. The molecule has 0 atom stereocenters. The zero-order chi connectivity index (χ0) is 11.1. The number of rotatable bonds is 4. The molecule has 15 heavy (non-hydrogen) atoms. The Bertz CT molecular complexity index is 382. The van der Waals surface area contributed by atoms with Gasteiger partial charge in [0.2, 0.25) is 5.91 Å². The SMILES string of the molecule is C#CCNCC(=O)Nc1ccncc1C. The van der Waals surface area contributed by atoms with Crippen molar-refractivity contribution >= 4 is 11.6 Å².